The Balaban J connectivity index is 2.45. The lowest BCUT2D eigenvalue weighted by Crippen LogP contribution is -2.22. The maximum Gasteiger partial charge on any atom is 0.119 e. The van der Waals surface area contributed by atoms with Crippen LogP contribution in [-0.2, 0) is 0 Å². The molecule has 17 heavy (non-hydrogen) atoms. The second kappa shape index (κ2) is 5.92. The fourth-order valence-electron chi connectivity index (χ4n) is 1.80. The second-order valence-corrected chi connectivity index (χ2v) is 5.62. The Labute approximate surface area is 103 Å². The highest BCUT2D eigenvalue weighted by atomic mass is 16.5. The number of hydrogen-bond donors (Lipinski definition) is 2. The lowest BCUT2D eigenvalue weighted by Gasteiger charge is -2.24. The highest BCUT2D eigenvalue weighted by molar-refractivity contribution is 5.30. The van der Waals surface area contributed by atoms with E-state index >= 15 is 0 Å². The molecule has 0 saturated carbocycles. The minimum Gasteiger partial charge on any atom is -0.508 e. The van der Waals surface area contributed by atoms with Crippen LogP contribution < -0.4 is 4.74 Å². The lowest BCUT2D eigenvalue weighted by atomic mass is 9.85. The number of rotatable bonds is 5. The van der Waals surface area contributed by atoms with Crippen LogP contribution in [0, 0.1) is 11.3 Å². The highest BCUT2D eigenvalue weighted by Crippen LogP contribution is 2.25. The Hall–Kier alpha value is -1.22. The van der Waals surface area contributed by atoms with Gasteiger partial charge in [-0.05, 0) is 36.1 Å². The summed E-state index contributed by atoms with van der Waals surface area (Å²) in [6.07, 6.45) is 0.918. The maximum absolute atomic E-state index is 9.29. The smallest absolute Gasteiger partial charge is 0.119 e. The Morgan fingerprint density at radius 2 is 1.76 bits per heavy atom. The first-order valence-electron chi connectivity index (χ1n) is 5.93. The summed E-state index contributed by atoms with van der Waals surface area (Å²) in [6.45, 7) is 7.08. The number of benzene rings is 1. The van der Waals surface area contributed by atoms with Crippen molar-refractivity contribution < 1.29 is 14.9 Å². The van der Waals surface area contributed by atoms with Crippen LogP contribution >= 0.6 is 0 Å². The van der Waals surface area contributed by atoms with Crippen molar-refractivity contribution in [2.75, 3.05) is 13.2 Å². The van der Waals surface area contributed by atoms with Crippen molar-refractivity contribution in [2.24, 2.45) is 11.3 Å². The molecular weight excluding hydrogens is 216 g/mol. The minimum atomic E-state index is 0.134. The topological polar surface area (TPSA) is 49.7 Å². The van der Waals surface area contributed by atoms with E-state index in [1.807, 2.05) is 0 Å². The van der Waals surface area contributed by atoms with E-state index < -0.39 is 0 Å². The van der Waals surface area contributed by atoms with Crippen molar-refractivity contribution in [1.82, 2.24) is 0 Å². The normalized spacial score (nSPS) is 13.4. The molecule has 0 amide bonds. The molecule has 0 heterocycles. The predicted molar refractivity (Wildman–Crippen MR) is 68.2 cm³/mol. The van der Waals surface area contributed by atoms with Crippen LogP contribution in [0.1, 0.15) is 27.2 Å². The zero-order valence-electron chi connectivity index (χ0n) is 10.8. The summed E-state index contributed by atoms with van der Waals surface area (Å²) in [5.41, 5.74) is 0.186. The molecular formula is C14H22O3. The van der Waals surface area contributed by atoms with Gasteiger partial charge in [-0.25, -0.2) is 0 Å². The van der Waals surface area contributed by atoms with Crippen molar-refractivity contribution in [2.45, 2.75) is 27.2 Å². The zero-order chi connectivity index (χ0) is 12.9. The van der Waals surface area contributed by atoms with Crippen molar-refractivity contribution in [3.8, 4) is 11.5 Å². The molecule has 1 atom stereocenters. The second-order valence-electron chi connectivity index (χ2n) is 5.62. The van der Waals surface area contributed by atoms with E-state index in [1.165, 1.54) is 0 Å². The Morgan fingerprint density at radius 3 is 2.24 bits per heavy atom. The summed E-state index contributed by atoms with van der Waals surface area (Å²) in [7, 11) is 0. The lowest BCUT2D eigenvalue weighted by molar-refractivity contribution is 0.126. The van der Waals surface area contributed by atoms with E-state index in [-0.39, 0.29) is 23.7 Å². The number of phenolic OH excluding ortho intramolecular Hbond substituents is 1. The van der Waals surface area contributed by atoms with E-state index in [1.54, 1.807) is 24.3 Å². The third-order valence-electron chi connectivity index (χ3n) is 2.48. The molecule has 0 spiro atoms. The summed E-state index contributed by atoms with van der Waals surface area (Å²) in [4.78, 5) is 0. The molecule has 0 aliphatic heterocycles. The van der Waals surface area contributed by atoms with Crippen LogP contribution in [0.2, 0.25) is 0 Å². The molecule has 1 aromatic carbocycles. The van der Waals surface area contributed by atoms with Crippen LogP contribution in [0.3, 0.4) is 0 Å². The van der Waals surface area contributed by atoms with Gasteiger partial charge in [0.05, 0.1) is 6.61 Å². The average molecular weight is 238 g/mol. The maximum atomic E-state index is 9.29. The molecule has 0 fully saturated rings. The summed E-state index contributed by atoms with van der Waals surface area (Å²) < 4.78 is 5.59. The van der Waals surface area contributed by atoms with Gasteiger partial charge in [0.25, 0.3) is 0 Å². The summed E-state index contributed by atoms with van der Waals surface area (Å²) in [5.74, 6) is 1.09. The fraction of sp³-hybridized carbons (Fsp3) is 0.571. The van der Waals surface area contributed by atoms with Crippen LogP contribution in [0.25, 0.3) is 0 Å². The number of aliphatic hydroxyl groups is 1. The third kappa shape index (κ3) is 5.59. The third-order valence-corrected chi connectivity index (χ3v) is 2.48. The minimum absolute atomic E-state index is 0.134. The molecule has 0 aliphatic rings. The number of aromatic hydroxyl groups is 1. The standard InChI is InChI=1S/C14H22O3/c1-14(2,3)8-11(9-15)10-17-13-6-4-12(16)5-7-13/h4-7,11,15-16H,8-10H2,1-3H3. The molecule has 2 N–H and O–H groups in total. The number of phenols is 1. The van der Waals surface area contributed by atoms with Gasteiger partial charge in [-0.1, -0.05) is 20.8 Å². The SMILES string of the molecule is CC(C)(C)CC(CO)COc1ccc(O)cc1. The molecule has 0 aromatic heterocycles. The largest absolute Gasteiger partial charge is 0.508 e. The van der Waals surface area contributed by atoms with E-state index in [9.17, 15) is 5.11 Å². The van der Waals surface area contributed by atoms with Gasteiger partial charge in [-0.3, -0.25) is 0 Å². The van der Waals surface area contributed by atoms with Gasteiger partial charge in [-0.15, -0.1) is 0 Å². The summed E-state index contributed by atoms with van der Waals surface area (Å²) >= 11 is 0. The van der Waals surface area contributed by atoms with E-state index in [0.717, 1.165) is 12.2 Å². The molecule has 0 radical (unpaired) electrons. The number of hydrogen-bond acceptors (Lipinski definition) is 3. The molecule has 0 bridgehead atoms. The highest BCUT2D eigenvalue weighted by Gasteiger charge is 2.18. The van der Waals surface area contributed by atoms with Gasteiger partial charge < -0.3 is 14.9 Å². The van der Waals surface area contributed by atoms with E-state index in [0.29, 0.717) is 6.61 Å². The van der Waals surface area contributed by atoms with Crippen molar-refractivity contribution >= 4 is 0 Å². The van der Waals surface area contributed by atoms with Gasteiger partial charge in [0.2, 0.25) is 0 Å². The first-order chi connectivity index (χ1) is 7.90. The van der Waals surface area contributed by atoms with Gasteiger partial charge in [-0.2, -0.15) is 0 Å². The summed E-state index contributed by atoms with van der Waals surface area (Å²) in [5, 5.41) is 18.4. The molecule has 3 nitrogen and oxygen atoms in total. The Kier molecular flexibility index (Phi) is 4.82. The molecule has 96 valence electrons. The summed E-state index contributed by atoms with van der Waals surface area (Å²) in [6, 6.07) is 6.63. The molecule has 3 heteroatoms. The Bertz CT molecular complexity index is 324. The first-order valence-corrected chi connectivity index (χ1v) is 5.93. The molecule has 0 aliphatic carbocycles. The number of ether oxygens (including phenoxy) is 1. The van der Waals surface area contributed by atoms with Crippen molar-refractivity contribution in [1.29, 1.82) is 0 Å². The van der Waals surface area contributed by atoms with Crippen LogP contribution in [0.4, 0.5) is 0 Å². The van der Waals surface area contributed by atoms with E-state index in [2.05, 4.69) is 20.8 Å². The van der Waals surface area contributed by atoms with Crippen LogP contribution in [0.5, 0.6) is 11.5 Å². The van der Waals surface area contributed by atoms with Gasteiger partial charge in [0.15, 0.2) is 0 Å². The van der Waals surface area contributed by atoms with Gasteiger partial charge in [0.1, 0.15) is 11.5 Å². The van der Waals surface area contributed by atoms with Crippen molar-refractivity contribution in [3.63, 3.8) is 0 Å². The first kappa shape index (κ1) is 13.8. The predicted octanol–water partition coefficient (Wildman–Crippen LogP) is 2.82. The molecule has 0 saturated heterocycles. The molecule has 1 rings (SSSR count). The fourth-order valence-corrected chi connectivity index (χ4v) is 1.80. The Morgan fingerprint density at radius 1 is 1.18 bits per heavy atom. The molecule has 1 unspecified atom stereocenters. The van der Waals surface area contributed by atoms with E-state index in [4.69, 9.17) is 9.84 Å². The number of aliphatic hydroxyl groups excluding tert-OH is 1. The zero-order valence-corrected chi connectivity index (χ0v) is 10.8. The van der Waals surface area contributed by atoms with Crippen molar-refractivity contribution in [3.05, 3.63) is 24.3 Å². The van der Waals surface area contributed by atoms with Crippen LogP contribution in [0.15, 0.2) is 24.3 Å². The van der Waals surface area contributed by atoms with Gasteiger partial charge in [0, 0.05) is 12.5 Å². The average Bonchev–Trinajstić information content (AvgIpc) is 2.25. The quantitative estimate of drug-likeness (QED) is 0.829. The monoisotopic (exact) mass is 238 g/mol. The molecule has 1 aromatic rings. The van der Waals surface area contributed by atoms with Crippen LogP contribution in [-0.4, -0.2) is 23.4 Å². The van der Waals surface area contributed by atoms with Gasteiger partial charge >= 0.3 is 0 Å².